The fourth-order valence-electron chi connectivity index (χ4n) is 2.03. The van der Waals surface area contributed by atoms with E-state index in [0.29, 0.717) is 18.5 Å². The van der Waals surface area contributed by atoms with Crippen molar-refractivity contribution in [1.82, 2.24) is 4.98 Å². The minimum Gasteiger partial charge on any atom is -0.480 e. The average molecular weight is 276 g/mol. The van der Waals surface area contributed by atoms with Gasteiger partial charge in [-0.25, -0.2) is 4.98 Å². The van der Waals surface area contributed by atoms with Crippen LogP contribution in [-0.2, 0) is 9.59 Å². The van der Waals surface area contributed by atoms with E-state index < -0.39 is 17.3 Å². The van der Waals surface area contributed by atoms with Crippen molar-refractivity contribution in [3.05, 3.63) is 23.2 Å². The molecule has 0 atom stereocenters. The molecule has 0 spiro atoms. The van der Waals surface area contributed by atoms with Crippen molar-refractivity contribution < 1.29 is 14.7 Å². The largest absolute Gasteiger partial charge is 0.480 e. The number of benzene rings is 1. The highest BCUT2D eigenvalue weighted by Gasteiger charge is 2.57. The smallest absolute Gasteiger partial charge is 0.319 e. The van der Waals surface area contributed by atoms with Crippen LogP contribution < -0.4 is 5.32 Å². The van der Waals surface area contributed by atoms with Gasteiger partial charge in [0.2, 0.25) is 5.91 Å². The summed E-state index contributed by atoms with van der Waals surface area (Å²) in [4.78, 5) is 27.4. The first-order valence-corrected chi connectivity index (χ1v) is 6.75. The number of nitrogens with one attached hydrogen (secondary N) is 1. The summed E-state index contributed by atoms with van der Waals surface area (Å²) in [6.07, 6.45) is 0.826. The van der Waals surface area contributed by atoms with Crippen LogP contribution in [0, 0.1) is 12.3 Å². The van der Waals surface area contributed by atoms with Crippen molar-refractivity contribution in [2.24, 2.45) is 5.41 Å². The van der Waals surface area contributed by atoms with Crippen molar-refractivity contribution >= 4 is 39.1 Å². The standard InChI is InChI=1S/C13H12N2O3S/c1-7-14-9-3-2-8(6-10(9)19-7)15-11(16)13(4-5-13)12(17)18/h2-3,6H,4-5H2,1H3,(H,15,16)(H,17,18). The number of thiazole rings is 1. The number of carboxylic acid groups (broad SMARTS) is 1. The molecule has 1 heterocycles. The number of aliphatic carboxylic acids is 1. The van der Waals surface area contributed by atoms with Crippen LogP contribution in [0.25, 0.3) is 10.2 Å². The van der Waals surface area contributed by atoms with Gasteiger partial charge in [0, 0.05) is 5.69 Å². The van der Waals surface area contributed by atoms with Crippen LogP contribution in [0.1, 0.15) is 17.8 Å². The molecule has 0 saturated heterocycles. The first-order valence-electron chi connectivity index (χ1n) is 5.93. The third-order valence-electron chi connectivity index (χ3n) is 3.35. The molecule has 0 aliphatic heterocycles. The quantitative estimate of drug-likeness (QED) is 0.844. The first-order chi connectivity index (χ1) is 9.01. The summed E-state index contributed by atoms with van der Waals surface area (Å²) in [5.41, 5.74) is 0.298. The molecule has 2 aromatic rings. The van der Waals surface area contributed by atoms with Crippen LogP contribution in [0.2, 0.25) is 0 Å². The van der Waals surface area contributed by atoms with Gasteiger partial charge in [-0.3, -0.25) is 9.59 Å². The van der Waals surface area contributed by atoms with E-state index in [1.807, 2.05) is 19.1 Å². The molecule has 1 aliphatic rings. The third kappa shape index (κ3) is 1.98. The van der Waals surface area contributed by atoms with Gasteiger partial charge in [-0.15, -0.1) is 11.3 Å². The van der Waals surface area contributed by atoms with E-state index in [1.165, 1.54) is 0 Å². The van der Waals surface area contributed by atoms with E-state index >= 15 is 0 Å². The molecule has 1 saturated carbocycles. The summed E-state index contributed by atoms with van der Waals surface area (Å²) in [5.74, 6) is -1.47. The minimum atomic E-state index is -1.21. The van der Waals surface area contributed by atoms with E-state index in [2.05, 4.69) is 10.3 Å². The van der Waals surface area contributed by atoms with Crippen molar-refractivity contribution in [1.29, 1.82) is 0 Å². The van der Waals surface area contributed by atoms with Gasteiger partial charge in [0.25, 0.3) is 0 Å². The zero-order valence-electron chi connectivity index (χ0n) is 10.3. The van der Waals surface area contributed by atoms with Crippen LogP contribution in [0.3, 0.4) is 0 Å². The molecule has 1 aromatic carbocycles. The Hall–Kier alpha value is -1.95. The van der Waals surface area contributed by atoms with E-state index in [9.17, 15) is 9.59 Å². The second-order valence-electron chi connectivity index (χ2n) is 4.76. The minimum absolute atomic E-state index is 0.413. The Morgan fingerprint density at radius 1 is 1.42 bits per heavy atom. The fourth-order valence-corrected chi connectivity index (χ4v) is 2.90. The molecule has 3 rings (SSSR count). The summed E-state index contributed by atoms with van der Waals surface area (Å²) in [6, 6.07) is 5.40. The molecule has 0 radical (unpaired) electrons. The Morgan fingerprint density at radius 3 is 2.79 bits per heavy atom. The Balaban J connectivity index is 1.85. The number of hydrogen-bond acceptors (Lipinski definition) is 4. The van der Waals surface area contributed by atoms with Crippen molar-refractivity contribution in [3.63, 3.8) is 0 Å². The molecule has 1 aliphatic carbocycles. The molecule has 0 bridgehead atoms. The predicted molar refractivity (Wildman–Crippen MR) is 72.3 cm³/mol. The van der Waals surface area contributed by atoms with Crippen LogP contribution in [0.15, 0.2) is 18.2 Å². The van der Waals surface area contributed by atoms with Crippen molar-refractivity contribution in [2.75, 3.05) is 5.32 Å². The molecular formula is C13H12N2O3S. The second-order valence-corrected chi connectivity index (χ2v) is 5.99. The monoisotopic (exact) mass is 276 g/mol. The molecule has 98 valence electrons. The molecule has 0 unspecified atom stereocenters. The zero-order valence-corrected chi connectivity index (χ0v) is 11.1. The Morgan fingerprint density at radius 2 is 2.16 bits per heavy atom. The number of aryl methyl sites for hydroxylation is 1. The summed E-state index contributed by atoms with van der Waals surface area (Å²) in [7, 11) is 0. The van der Waals surface area contributed by atoms with Crippen LogP contribution in [0.4, 0.5) is 5.69 Å². The number of carbonyl (C=O) groups excluding carboxylic acids is 1. The van der Waals surface area contributed by atoms with E-state index in [1.54, 1.807) is 17.4 Å². The lowest BCUT2D eigenvalue weighted by Crippen LogP contribution is -2.31. The SMILES string of the molecule is Cc1nc2ccc(NC(=O)C3(C(=O)O)CC3)cc2s1. The Bertz CT molecular complexity index is 688. The van der Waals surface area contributed by atoms with Crippen molar-refractivity contribution in [3.8, 4) is 0 Å². The van der Waals surface area contributed by atoms with Crippen LogP contribution in [0.5, 0.6) is 0 Å². The number of amides is 1. The summed E-state index contributed by atoms with van der Waals surface area (Å²) in [6.45, 7) is 1.92. The van der Waals surface area contributed by atoms with Gasteiger partial charge in [0.05, 0.1) is 15.2 Å². The maximum atomic E-state index is 12.0. The summed E-state index contributed by atoms with van der Waals surface area (Å²) < 4.78 is 0.982. The molecule has 1 amide bonds. The van der Waals surface area contributed by atoms with Crippen LogP contribution >= 0.6 is 11.3 Å². The molecule has 5 nitrogen and oxygen atoms in total. The van der Waals surface area contributed by atoms with Gasteiger partial charge >= 0.3 is 5.97 Å². The van der Waals surface area contributed by atoms with Gasteiger partial charge in [-0.05, 0) is 38.0 Å². The number of anilines is 1. The second kappa shape index (κ2) is 4.03. The number of rotatable bonds is 3. The summed E-state index contributed by atoms with van der Waals surface area (Å²) in [5, 5.41) is 12.7. The van der Waals surface area contributed by atoms with E-state index in [4.69, 9.17) is 5.11 Å². The lowest BCUT2D eigenvalue weighted by atomic mass is 10.1. The molecule has 6 heteroatoms. The Labute approximate surface area is 113 Å². The highest BCUT2D eigenvalue weighted by molar-refractivity contribution is 7.18. The lowest BCUT2D eigenvalue weighted by molar-refractivity contribution is -0.147. The normalized spacial score (nSPS) is 16.3. The number of carboxylic acids is 1. The maximum absolute atomic E-state index is 12.0. The average Bonchev–Trinajstić information content (AvgIpc) is 3.07. The van der Waals surface area contributed by atoms with Gasteiger partial charge < -0.3 is 10.4 Å². The van der Waals surface area contributed by atoms with E-state index in [0.717, 1.165) is 15.2 Å². The zero-order chi connectivity index (χ0) is 13.6. The molecule has 2 N–H and O–H groups in total. The fraction of sp³-hybridized carbons (Fsp3) is 0.308. The van der Waals surface area contributed by atoms with Gasteiger partial charge in [0.1, 0.15) is 5.41 Å². The van der Waals surface area contributed by atoms with Gasteiger partial charge in [-0.2, -0.15) is 0 Å². The number of aromatic nitrogens is 1. The highest BCUT2D eigenvalue weighted by Crippen LogP contribution is 2.46. The number of fused-ring (bicyclic) bond motifs is 1. The molecular weight excluding hydrogens is 264 g/mol. The number of nitrogens with zero attached hydrogens (tertiary/aromatic N) is 1. The van der Waals surface area contributed by atoms with Gasteiger partial charge in [-0.1, -0.05) is 0 Å². The van der Waals surface area contributed by atoms with Crippen LogP contribution in [-0.4, -0.2) is 22.0 Å². The van der Waals surface area contributed by atoms with Crippen molar-refractivity contribution in [2.45, 2.75) is 19.8 Å². The number of hydrogen-bond donors (Lipinski definition) is 2. The predicted octanol–water partition coefficient (Wildman–Crippen LogP) is 2.41. The number of carbonyl (C=O) groups is 2. The molecule has 19 heavy (non-hydrogen) atoms. The van der Waals surface area contributed by atoms with E-state index in [-0.39, 0.29) is 0 Å². The molecule has 1 fully saturated rings. The first kappa shape index (κ1) is 12.1. The summed E-state index contributed by atoms with van der Waals surface area (Å²) >= 11 is 1.54. The maximum Gasteiger partial charge on any atom is 0.319 e. The molecule has 1 aromatic heterocycles. The van der Waals surface area contributed by atoms with Gasteiger partial charge in [0.15, 0.2) is 0 Å². The highest BCUT2D eigenvalue weighted by atomic mass is 32.1. The third-order valence-corrected chi connectivity index (χ3v) is 4.28. The topological polar surface area (TPSA) is 79.3 Å². The Kier molecular flexibility index (Phi) is 2.56. The lowest BCUT2D eigenvalue weighted by Gasteiger charge is -2.10.